The van der Waals surface area contributed by atoms with Crippen molar-refractivity contribution in [2.45, 2.75) is 46.6 Å². The molecule has 0 aliphatic rings. The van der Waals surface area contributed by atoms with Crippen LogP contribution in [0.25, 0.3) is 0 Å². The molecule has 0 aliphatic heterocycles. The maximum absolute atomic E-state index is 10.4. The quantitative estimate of drug-likeness (QED) is 0.828. The van der Waals surface area contributed by atoms with E-state index in [0.717, 1.165) is 28.6 Å². The van der Waals surface area contributed by atoms with E-state index < -0.39 is 6.10 Å². The van der Waals surface area contributed by atoms with E-state index in [4.69, 9.17) is 4.74 Å². The lowest BCUT2D eigenvalue weighted by molar-refractivity contribution is 0.131. The summed E-state index contributed by atoms with van der Waals surface area (Å²) in [5.41, 5.74) is 1.15. The summed E-state index contributed by atoms with van der Waals surface area (Å²) in [5.74, 6) is 1.22. The molecule has 1 rings (SSSR count). The summed E-state index contributed by atoms with van der Waals surface area (Å²) in [6.45, 7) is 8.89. The Morgan fingerprint density at radius 3 is 2.47 bits per heavy atom. The number of methoxy groups -OCH3 is 1. The number of halogens is 1. The van der Waals surface area contributed by atoms with Gasteiger partial charge in [0.2, 0.25) is 0 Å². The molecule has 0 aromatic heterocycles. The highest BCUT2D eigenvalue weighted by molar-refractivity contribution is 9.10. The van der Waals surface area contributed by atoms with Crippen LogP contribution in [0.4, 0.5) is 0 Å². The highest BCUT2D eigenvalue weighted by Gasteiger charge is 2.21. The van der Waals surface area contributed by atoms with E-state index in [0.29, 0.717) is 11.3 Å². The van der Waals surface area contributed by atoms with Crippen LogP contribution in [0.5, 0.6) is 5.75 Å². The summed E-state index contributed by atoms with van der Waals surface area (Å²) < 4.78 is 6.29. The maximum Gasteiger partial charge on any atom is 0.124 e. The van der Waals surface area contributed by atoms with Gasteiger partial charge in [-0.15, -0.1) is 0 Å². The second-order valence-corrected chi connectivity index (χ2v) is 7.42. The molecular weight excluding hydrogens is 304 g/mol. The van der Waals surface area contributed by atoms with Crippen LogP contribution in [-0.4, -0.2) is 12.2 Å². The average Bonchev–Trinajstić information content (AvgIpc) is 2.26. The van der Waals surface area contributed by atoms with Gasteiger partial charge in [0.15, 0.2) is 0 Å². The third kappa shape index (κ3) is 5.53. The monoisotopic (exact) mass is 328 g/mol. The van der Waals surface area contributed by atoms with Crippen LogP contribution in [-0.2, 0) is 0 Å². The van der Waals surface area contributed by atoms with E-state index in [1.54, 1.807) is 7.11 Å². The van der Waals surface area contributed by atoms with Gasteiger partial charge in [-0.3, -0.25) is 0 Å². The first-order valence-electron chi connectivity index (χ1n) is 6.74. The molecule has 2 unspecified atom stereocenters. The maximum atomic E-state index is 10.4. The van der Waals surface area contributed by atoms with Crippen molar-refractivity contribution in [3.8, 4) is 5.75 Å². The van der Waals surface area contributed by atoms with Crippen molar-refractivity contribution in [1.29, 1.82) is 0 Å². The van der Waals surface area contributed by atoms with Crippen molar-refractivity contribution in [2.75, 3.05) is 7.11 Å². The molecule has 0 aliphatic carbocycles. The number of ether oxygens (including phenoxy) is 1. The Labute approximate surface area is 125 Å². The van der Waals surface area contributed by atoms with Gasteiger partial charge in [0.1, 0.15) is 5.75 Å². The van der Waals surface area contributed by atoms with E-state index in [-0.39, 0.29) is 0 Å². The van der Waals surface area contributed by atoms with E-state index in [1.807, 2.05) is 18.2 Å². The van der Waals surface area contributed by atoms with Gasteiger partial charge in [-0.1, -0.05) is 43.6 Å². The molecule has 1 aromatic carbocycles. The number of hydrogen-bond acceptors (Lipinski definition) is 2. The lowest BCUT2D eigenvalue weighted by atomic mass is 9.82. The SMILES string of the molecule is COc1ccc(Br)cc1C(O)CC(C)CC(C)(C)C. The number of aliphatic hydroxyl groups is 1. The third-order valence-electron chi connectivity index (χ3n) is 3.14. The highest BCUT2D eigenvalue weighted by atomic mass is 79.9. The number of hydrogen-bond donors (Lipinski definition) is 1. The number of rotatable bonds is 5. The molecule has 3 heteroatoms. The largest absolute Gasteiger partial charge is 0.496 e. The molecule has 2 atom stereocenters. The number of benzene rings is 1. The first kappa shape index (κ1) is 16.5. The zero-order chi connectivity index (χ0) is 14.6. The standard InChI is InChI=1S/C16H25BrO2/c1-11(10-16(2,3)4)8-14(18)13-9-12(17)6-7-15(13)19-5/h6-7,9,11,14,18H,8,10H2,1-5H3. The van der Waals surface area contributed by atoms with Crippen molar-refractivity contribution >= 4 is 15.9 Å². The Morgan fingerprint density at radius 1 is 1.32 bits per heavy atom. The lowest BCUT2D eigenvalue weighted by Crippen LogP contribution is -2.14. The summed E-state index contributed by atoms with van der Waals surface area (Å²) in [6.07, 6.45) is 1.37. The van der Waals surface area contributed by atoms with Crippen LogP contribution in [0.3, 0.4) is 0 Å². The summed E-state index contributed by atoms with van der Waals surface area (Å²) in [5, 5.41) is 10.4. The van der Waals surface area contributed by atoms with Crippen molar-refractivity contribution in [3.05, 3.63) is 28.2 Å². The van der Waals surface area contributed by atoms with Crippen molar-refractivity contribution in [1.82, 2.24) is 0 Å². The molecule has 0 spiro atoms. The van der Waals surface area contributed by atoms with Gasteiger partial charge in [-0.2, -0.15) is 0 Å². The molecule has 0 bridgehead atoms. The van der Waals surface area contributed by atoms with Crippen molar-refractivity contribution in [3.63, 3.8) is 0 Å². The zero-order valence-electron chi connectivity index (χ0n) is 12.5. The Morgan fingerprint density at radius 2 is 1.95 bits per heavy atom. The van der Waals surface area contributed by atoms with Crippen LogP contribution in [0.2, 0.25) is 0 Å². The fourth-order valence-electron chi connectivity index (χ4n) is 2.60. The second-order valence-electron chi connectivity index (χ2n) is 6.51. The van der Waals surface area contributed by atoms with Gasteiger partial charge >= 0.3 is 0 Å². The summed E-state index contributed by atoms with van der Waals surface area (Å²) in [7, 11) is 1.64. The predicted molar refractivity (Wildman–Crippen MR) is 83.5 cm³/mol. The molecule has 19 heavy (non-hydrogen) atoms. The first-order valence-corrected chi connectivity index (χ1v) is 7.53. The van der Waals surface area contributed by atoms with E-state index in [1.165, 1.54) is 0 Å². The normalized spacial score (nSPS) is 15.1. The fraction of sp³-hybridized carbons (Fsp3) is 0.625. The highest BCUT2D eigenvalue weighted by Crippen LogP contribution is 2.34. The molecule has 108 valence electrons. The molecule has 0 radical (unpaired) electrons. The molecule has 1 aromatic rings. The minimum absolute atomic E-state index is 0.292. The molecule has 1 N–H and O–H groups in total. The molecule has 0 saturated carbocycles. The van der Waals surface area contributed by atoms with Gasteiger partial charge in [0.25, 0.3) is 0 Å². The molecule has 0 heterocycles. The Balaban J connectivity index is 2.77. The molecule has 0 amide bonds. The fourth-order valence-corrected chi connectivity index (χ4v) is 2.98. The zero-order valence-corrected chi connectivity index (χ0v) is 14.1. The predicted octanol–water partition coefficient (Wildman–Crippen LogP) is 4.95. The van der Waals surface area contributed by atoms with Gasteiger partial charge in [-0.25, -0.2) is 0 Å². The van der Waals surface area contributed by atoms with Crippen LogP contribution >= 0.6 is 15.9 Å². The number of aliphatic hydroxyl groups excluding tert-OH is 1. The summed E-state index contributed by atoms with van der Waals surface area (Å²) >= 11 is 3.44. The van der Waals surface area contributed by atoms with Crippen molar-refractivity contribution < 1.29 is 9.84 Å². The average molecular weight is 329 g/mol. The summed E-state index contributed by atoms with van der Waals surface area (Å²) in [6, 6.07) is 5.75. The Hall–Kier alpha value is -0.540. The minimum Gasteiger partial charge on any atom is -0.496 e. The van der Waals surface area contributed by atoms with Crippen LogP contribution in [0, 0.1) is 11.3 Å². The van der Waals surface area contributed by atoms with Crippen LogP contribution in [0.1, 0.15) is 52.2 Å². The third-order valence-corrected chi connectivity index (χ3v) is 3.63. The Bertz CT molecular complexity index is 410. The topological polar surface area (TPSA) is 29.5 Å². The molecule has 0 saturated heterocycles. The first-order chi connectivity index (χ1) is 8.73. The van der Waals surface area contributed by atoms with Gasteiger partial charge in [-0.05, 0) is 42.4 Å². The van der Waals surface area contributed by atoms with E-state index in [2.05, 4.69) is 43.6 Å². The van der Waals surface area contributed by atoms with Crippen LogP contribution < -0.4 is 4.74 Å². The lowest BCUT2D eigenvalue weighted by Gasteiger charge is -2.25. The molecule has 2 nitrogen and oxygen atoms in total. The molecule has 0 fully saturated rings. The molecular formula is C16H25BrO2. The van der Waals surface area contributed by atoms with Crippen LogP contribution in [0.15, 0.2) is 22.7 Å². The van der Waals surface area contributed by atoms with E-state index >= 15 is 0 Å². The second kappa shape index (κ2) is 6.76. The van der Waals surface area contributed by atoms with E-state index in [9.17, 15) is 5.11 Å². The van der Waals surface area contributed by atoms with Crippen molar-refractivity contribution in [2.24, 2.45) is 11.3 Å². The van der Waals surface area contributed by atoms with Gasteiger partial charge < -0.3 is 9.84 Å². The minimum atomic E-state index is -0.482. The smallest absolute Gasteiger partial charge is 0.124 e. The summed E-state index contributed by atoms with van der Waals surface area (Å²) in [4.78, 5) is 0. The van der Waals surface area contributed by atoms with Gasteiger partial charge in [0, 0.05) is 10.0 Å². The van der Waals surface area contributed by atoms with Gasteiger partial charge in [0.05, 0.1) is 13.2 Å². The Kier molecular flexibility index (Phi) is 5.87.